The van der Waals surface area contributed by atoms with E-state index in [0.29, 0.717) is 22.8 Å². The first kappa shape index (κ1) is 22.5. The summed E-state index contributed by atoms with van der Waals surface area (Å²) in [5, 5.41) is 11.5. The molecule has 8 heteroatoms. The number of fused-ring (bicyclic) bond motifs is 3. The highest BCUT2D eigenvalue weighted by atomic mass is 19.1. The molecule has 6 rings (SSSR count). The average molecular weight is 487 g/mol. The number of rotatable bonds is 4. The van der Waals surface area contributed by atoms with Crippen molar-refractivity contribution in [1.82, 2.24) is 14.9 Å². The first-order chi connectivity index (χ1) is 17.4. The lowest BCUT2D eigenvalue weighted by atomic mass is 9.93. The van der Waals surface area contributed by atoms with Crippen LogP contribution in [0, 0.1) is 24.0 Å². The van der Waals surface area contributed by atoms with Crippen LogP contribution in [0.25, 0.3) is 32.8 Å². The van der Waals surface area contributed by atoms with E-state index < -0.39 is 11.6 Å². The highest BCUT2D eigenvalue weighted by molar-refractivity contribution is 6.03. The first-order valence-corrected chi connectivity index (χ1v) is 12.0. The van der Waals surface area contributed by atoms with Gasteiger partial charge in [0.15, 0.2) is 5.82 Å². The molecule has 2 aliphatic heterocycles. The van der Waals surface area contributed by atoms with Crippen LogP contribution in [0.5, 0.6) is 11.8 Å². The average Bonchev–Trinajstić information content (AvgIpc) is 3.44. The molecule has 182 valence electrons. The molecule has 0 spiro atoms. The summed E-state index contributed by atoms with van der Waals surface area (Å²) in [5.74, 6) is 1.06. The minimum Gasteiger partial charge on any atom is -0.508 e. The van der Waals surface area contributed by atoms with Gasteiger partial charge in [-0.2, -0.15) is 9.97 Å². The second kappa shape index (κ2) is 8.32. The Morgan fingerprint density at radius 3 is 2.61 bits per heavy atom. The van der Waals surface area contributed by atoms with Gasteiger partial charge < -0.3 is 15.6 Å². The number of hydrogen-bond acceptors (Lipinski definition) is 6. The van der Waals surface area contributed by atoms with Gasteiger partial charge >= 0.3 is 6.01 Å². The number of halogens is 2. The molecule has 3 heterocycles. The van der Waals surface area contributed by atoms with Crippen LogP contribution in [-0.4, -0.2) is 45.2 Å². The fraction of sp³-hybridized carbons (Fsp3) is 0.286. The van der Waals surface area contributed by atoms with Crippen molar-refractivity contribution in [3.63, 3.8) is 0 Å². The summed E-state index contributed by atoms with van der Waals surface area (Å²) in [7, 11) is 0. The van der Waals surface area contributed by atoms with Crippen molar-refractivity contribution in [2.45, 2.75) is 31.2 Å². The second-order valence-electron chi connectivity index (χ2n) is 9.58. The van der Waals surface area contributed by atoms with Crippen LogP contribution in [0.1, 0.15) is 31.2 Å². The molecule has 0 unspecified atom stereocenters. The highest BCUT2D eigenvalue weighted by Gasteiger charge is 2.45. The number of nitrogens with zero attached hydrogens (tertiary/aromatic N) is 3. The number of phenolic OH excluding ortho intramolecular Hbond substituents is 1. The molecule has 36 heavy (non-hydrogen) atoms. The SMILES string of the molecule is C#Cc1c(F)ccc2cc(O)cc(-c3ccc4c(N)nc(OCC56CCCN5CCC6)nc4c3F)c12. The molecule has 2 saturated heterocycles. The Hall–Kier alpha value is -3.96. The Morgan fingerprint density at radius 2 is 1.86 bits per heavy atom. The number of benzene rings is 3. The molecule has 4 aromatic rings. The molecule has 0 saturated carbocycles. The number of terminal acetylenes is 1. The van der Waals surface area contributed by atoms with E-state index in [1.807, 2.05) is 0 Å². The number of nitrogen functional groups attached to an aromatic ring is 1. The Kier molecular flexibility index (Phi) is 5.20. The predicted octanol–water partition coefficient (Wildman–Crippen LogP) is 5.00. The van der Waals surface area contributed by atoms with Crippen molar-refractivity contribution in [3.05, 3.63) is 53.6 Å². The number of phenols is 1. The van der Waals surface area contributed by atoms with Gasteiger partial charge in [-0.25, -0.2) is 8.78 Å². The van der Waals surface area contributed by atoms with Gasteiger partial charge in [-0.05, 0) is 74.0 Å². The maximum atomic E-state index is 16.0. The number of nitrogens with two attached hydrogens (primary N) is 1. The molecular formula is C28H24F2N4O2. The monoisotopic (exact) mass is 486 g/mol. The van der Waals surface area contributed by atoms with Gasteiger partial charge in [0, 0.05) is 16.3 Å². The fourth-order valence-corrected chi connectivity index (χ4v) is 5.88. The molecule has 0 amide bonds. The van der Waals surface area contributed by atoms with E-state index in [9.17, 15) is 9.50 Å². The third-order valence-corrected chi connectivity index (χ3v) is 7.58. The minimum absolute atomic E-state index is 0.00911. The van der Waals surface area contributed by atoms with Gasteiger partial charge in [-0.15, -0.1) is 6.42 Å². The zero-order chi connectivity index (χ0) is 25.0. The molecule has 2 fully saturated rings. The first-order valence-electron chi connectivity index (χ1n) is 12.0. The van der Waals surface area contributed by atoms with Crippen molar-refractivity contribution in [2.24, 2.45) is 0 Å². The van der Waals surface area contributed by atoms with Gasteiger partial charge in [0.25, 0.3) is 0 Å². The molecule has 0 aliphatic carbocycles. The smallest absolute Gasteiger partial charge is 0.319 e. The zero-order valence-corrected chi connectivity index (χ0v) is 19.5. The van der Waals surface area contributed by atoms with E-state index in [1.54, 1.807) is 6.07 Å². The van der Waals surface area contributed by atoms with E-state index in [0.717, 1.165) is 38.8 Å². The second-order valence-corrected chi connectivity index (χ2v) is 9.58. The van der Waals surface area contributed by atoms with Crippen molar-refractivity contribution in [2.75, 3.05) is 25.4 Å². The predicted molar refractivity (Wildman–Crippen MR) is 135 cm³/mol. The summed E-state index contributed by atoms with van der Waals surface area (Å²) in [4.78, 5) is 11.1. The van der Waals surface area contributed by atoms with Crippen molar-refractivity contribution < 1.29 is 18.6 Å². The summed E-state index contributed by atoms with van der Waals surface area (Å²) in [6, 6.07) is 8.66. The van der Waals surface area contributed by atoms with Crippen LogP contribution in [0.3, 0.4) is 0 Å². The molecular weight excluding hydrogens is 462 g/mol. The number of ether oxygens (including phenoxy) is 1. The highest BCUT2D eigenvalue weighted by Crippen LogP contribution is 2.41. The molecule has 1 aromatic heterocycles. The van der Waals surface area contributed by atoms with Crippen LogP contribution in [0.2, 0.25) is 0 Å². The van der Waals surface area contributed by atoms with Crippen LogP contribution in [0.4, 0.5) is 14.6 Å². The Labute approximate surface area is 206 Å². The number of aromatic nitrogens is 2. The van der Waals surface area contributed by atoms with Crippen molar-refractivity contribution in [3.8, 4) is 35.2 Å². The van der Waals surface area contributed by atoms with E-state index in [4.69, 9.17) is 16.9 Å². The molecule has 6 nitrogen and oxygen atoms in total. The number of aromatic hydroxyl groups is 1. The van der Waals surface area contributed by atoms with Crippen LogP contribution >= 0.6 is 0 Å². The summed E-state index contributed by atoms with van der Waals surface area (Å²) in [6.45, 7) is 2.53. The van der Waals surface area contributed by atoms with Crippen LogP contribution in [-0.2, 0) is 0 Å². The Morgan fingerprint density at radius 1 is 1.08 bits per heavy atom. The molecule has 2 aliphatic rings. The Bertz CT molecular complexity index is 1570. The van der Waals surface area contributed by atoms with E-state index in [2.05, 4.69) is 20.8 Å². The maximum Gasteiger partial charge on any atom is 0.319 e. The fourth-order valence-electron chi connectivity index (χ4n) is 5.88. The topological polar surface area (TPSA) is 84.5 Å². The van der Waals surface area contributed by atoms with Gasteiger partial charge in [-0.3, -0.25) is 4.90 Å². The lowest BCUT2D eigenvalue weighted by Gasteiger charge is -2.31. The summed E-state index contributed by atoms with van der Waals surface area (Å²) in [5.41, 5.74) is 6.47. The molecule has 0 atom stereocenters. The Balaban J connectivity index is 1.47. The largest absolute Gasteiger partial charge is 0.508 e. The normalized spacial score (nSPS) is 16.9. The summed E-state index contributed by atoms with van der Waals surface area (Å²) in [6.07, 6.45) is 9.94. The van der Waals surface area contributed by atoms with Gasteiger partial charge in [0.2, 0.25) is 0 Å². The molecule has 0 bridgehead atoms. The van der Waals surface area contributed by atoms with E-state index in [-0.39, 0.29) is 45.3 Å². The third-order valence-electron chi connectivity index (χ3n) is 7.58. The van der Waals surface area contributed by atoms with Crippen LogP contribution in [0.15, 0.2) is 36.4 Å². The van der Waals surface area contributed by atoms with E-state index >= 15 is 4.39 Å². The van der Waals surface area contributed by atoms with Crippen molar-refractivity contribution >= 4 is 27.5 Å². The quantitative estimate of drug-likeness (QED) is 0.395. The standard InChI is InChI=1S/C28H24F2N4O2/c1-2-18-22(29)8-5-16-13-17(35)14-21(23(16)18)19-6-7-20-25(24(19)30)32-27(33-26(20)31)36-15-28-9-3-11-34(28)12-4-10-28/h1,5-8,13-14,35H,3-4,9-12,15H2,(H2,31,32,33). The molecule has 3 aromatic carbocycles. The van der Waals surface area contributed by atoms with Gasteiger partial charge in [0.05, 0.1) is 11.1 Å². The number of hydrogen-bond donors (Lipinski definition) is 2. The van der Waals surface area contributed by atoms with Gasteiger partial charge in [-0.1, -0.05) is 18.1 Å². The maximum absolute atomic E-state index is 16.0. The van der Waals surface area contributed by atoms with Crippen molar-refractivity contribution in [1.29, 1.82) is 0 Å². The summed E-state index contributed by atoms with van der Waals surface area (Å²) >= 11 is 0. The van der Waals surface area contributed by atoms with Gasteiger partial charge in [0.1, 0.15) is 29.5 Å². The molecule has 3 N–H and O–H groups in total. The molecule has 0 radical (unpaired) electrons. The van der Waals surface area contributed by atoms with E-state index in [1.165, 1.54) is 30.3 Å². The van der Waals surface area contributed by atoms with Crippen LogP contribution < -0.4 is 10.5 Å². The zero-order valence-electron chi connectivity index (χ0n) is 19.5. The lowest BCUT2D eigenvalue weighted by molar-refractivity contribution is 0.108. The minimum atomic E-state index is -0.688. The number of anilines is 1. The third kappa shape index (κ3) is 3.42. The summed E-state index contributed by atoms with van der Waals surface area (Å²) < 4.78 is 36.6. The lowest BCUT2D eigenvalue weighted by Crippen LogP contribution is -2.43.